The summed E-state index contributed by atoms with van der Waals surface area (Å²) in [5, 5.41) is 3.61. The van der Waals surface area contributed by atoms with Gasteiger partial charge in [0.05, 0.1) is 0 Å². The molecule has 2 rings (SSSR count). The van der Waals surface area contributed by atoms with Crippen LogP contribution in [0.4, 0.5) is 0 Å². The summed E-state index contributed by atoms with van der Waals surface area (Å²) in [6.45, 7) is 13.6. The molecular formula is C19H31NO. The summed E-state index contributed by atoms with van der Waals surface area (Å²) in [4.78, 5) is 0. The van der Waals surface area contributed by atoms with E-state index >= 15 is 0 Å². The van der Waals surface area contributed by atoms with Gasteiger partial charge in [-0.15, -0.1) is 0 Å². The molecule has 0 aliphatic carbocycles. The molecule has 0 bridgehead atoms. The van der Waals surface area contributed by atoms with Crippen molar-refractivity contribution < 1.29 is 4.74 Å². The van der Waals surface area contributed by atoms with E-state index in [0.29, 0.717) is 12.0 Å². The first kappa shape index (κ1) is 16.4. The first-order valence-corrected chi connectivity index (χ1v) is 8.41. The zero-order valence-electron chi connectivity index (χ0n) is 14.3. The maximum absolute atomic E-state index is 6.19. The van der Waals surface area contributed by atoms with Gasteiger partial charge in [-0.25, -0.2) is 0 Å². The van der Waals surface area contributed by atoms with Crippen LogP contribution in [0.1, 0.15) is 51.7 Å². The van der Waals surface area contributed by atoms with Gasteiger partial charge in [-0.3, -0.25) is 0 Å². The molecule has 0 fully saturated rings. The second-order valence-electron chi connectivity index (χ2n) is 7.24. The van der Waals surface area contributed by atoms with Crippen molar-refractivity contribution in [1.82, 2.24) is 5.32 Å². The SMILES string of the molecule is CCCNCC(C)(CC1Cc2cc(C)ccc2O1)C(C)C. The van der Waals surface area contributed by atoms with Crippen LogP contribution in [-0.4, -0.2) is 19.2 Å². The molecule has 1 heterocycles. The topological polar surface area (TPSA) is 21.3 Å². The molecule has 2 atom stereocenters. The Morgan fingerprint density at radius 2 is 2.14 bits per heavy atom. The van der Waals surface area contributed by atoms with Gasteiger partial charge in [0.1, 0.15) is 11.9 Å². The van der Waals surface area contributed by atoms with Crippen molar-refractivity contribution in [3.05, 3.63) is 29.3 Å². The van der Waals surface area contributed by atoms with Crippen molar-refractivity contribution in [3.8, 4) is 5.75 Å². The van der Waals surface area contributed by atoms with Crippen LogP contribution in [0.5, 0.6) is 5.75 Å². The average Bonchev–Trinajstić information content (AvgIpc) is 2.79. The van der Waals surface area contributed by atoms with Crippen LogP contribution in [0.3, 0.4) is 0 Å². The predicted molar refractivity (Wildman–Crippen MR) is 90.0 cm³/mol. The highest BCUT2D eigenvalue weighted by atomic mass is 16.5. The van der Waals surface area contributed by atoms with E-state index in [-0.39, 0.29) is 5.41 Å². The monoisotopic (exact) mass is 289 g/mol. The molecule has 118 valence electrons. The molecule has 2 nitrogen and oxygen atoms in total. The van der Waals surface area contributed by atoms with Gasteiger partial charge in [-0.1, -0.05) is 45.4 Å². The maximum atomic E-state index is 6.19. The normalized spacial score (nSPS) is 20.2. The summed E-state index contributed by atoms with van der Waals surface area (Å²) < 4.78 is 6.19. The summed E-state index contributed by atoms with van der Waals surface area (Å²) >= 11 is 0. The molecule has 2 unspecified atom stereocenters. The van der Waals surface area contributed by atoms with Gasteiger partial charge in [0.15, 0.2) is 0 Å². The van der Waals surface area contributed by atoms with Crippen molar-refractivity contribution in [1.29, 1.82) is 0 Å². The lowest BCUT2D eigenvalue weighted by atomic mass is 9.74. The number of hydrogen-bond donors (Lipinski definition) is 1. The van der Waals surface area contributed by atoms with Crippen LogP contribution in [0, 0.1) is 18.3 Å². The van der Waals surface area contributed by atoms with E-state index in [1.807, 2.05) is 0 Å². The van der Waals surface area contributed by atoms with E-state index in [1.54, 1.807) is 0 Å². The second-order valence-corrected chi connectivity index (χ2v) is 7.24. The van der Waals surface area contributed by atoms with Gasteiger partial charge in [0, 0.05) is 13.0 Å². The van der Waals surface area contributed by atoms with Gasteiger partial charge in [0.2, 0.25) is 0 Å². The average molecular weight is 289 g/mol. The molecule has 0 saturated heterocycles. The first-order valence-electron chi connectivity index (χ1n) is 8.41. The van der Waals surface area contributed by atoms with Crippen molar-refractivity contribution in [3.63, 3.8) is 0 Å². The lowest BCUT2D eigenvalue weighted by Gasteiger charge is -2.36. The van der Waals surface area contributed by atoms with Crippen LogP contribution in [0.2, 0.25) is 0 Å². The maximum Gasteiger partial charge on any atom is 0.123 e. The second kappa shape index (κ2) is 6.83. The molecule has 1 aromatic rings. The van der Waals surface area contributed by atoms with Gasteiger partial charge in [-0.05, 0) is 49.3 Å². The number of nitrogens with one attached hydrogen (secondary N) is 1. The molecule has 0 saturated carbocycles. The number of benzene rings is 1. The number of rotatable bonds is 7. The fourth-order valence-corrected chi connectivity index (χ4v) is 3.15. The Kier molecular flexibility index (Phi) is 5.32. The highest BCUT2D eigenvalue weighted by Gasteiger charge is 2.34. The smallest absolute Gasteiger partial charge is 0.123 e. The zero-order chi connectivity index (χ0) is 15.5. The number of fused-ring (bicyclic) bond motifs is 1. The standard InChI is InChI=1S/C19H31NO/c1-6-9-20-13-19(5,14(2)3)12-17-11-16-10-15(4)7-8-18(16)21-17/h7-8,10,14,17,20H,6,9,11-13H2,1-5H3. The molecular weight excluding hydrogens is 258 g/mol. The Labute approximate surface area is 130 Å². The van der Waals surface area contributed by atoms with Gasteiger partial charge >= 0.3 is 0 Å². The molecule has 0 spiro atoms. The molecule has 1 aliphatic heterocycles. The number of aryl methyl sites for hydroxylation is 1. The third-order valence-electron chi connectivity index (χ3n) is 5.00. The van der Waals surface area contributed by atoms with Gasteiger partial charge < -0.3 is 10.1 Å². The highest BCUT2D eigenvalue weighted by Crippen LogP contribution is 2.38. The Morgan fingerprint density at radius 3 is 2.81 bits per heavy atom. The molecule has 0 aromatic heterocycles. The van der Waals surface area contributed by atoms with Crippen LogP contribution in [0.25, 0.3) is 0 Å². The van der Waals surface area contributed by atoms with Crippen LogP contribution in [0.15, 0.2) is 18.2 Å². The van der Waals surface area contributed by atoms with Crippen LogP contribution in [-0.2, 0) is 6.42 Å². The third kappa shape index (κ3) is 4.00. The molecule has 0 amide bonds. The minimum atomic E-state index is 0.289. The fourth-order valence-electron chi connectivity index (χ4n) is 3.15. The van der Waals surface area contributed by atoms with Crippen molar-refractivity contribution in [2.24, 2.45) is 11.3 Å². The summed E-state index contributed by atoms with van der Waals surface area (Å²) in [7, 11) is 0. The van der Waals surface area contributed by atoms with E-state index in [1.165, 1.54) is 17.5 Å². The molecule has 1 aliphatic rings. The first-order chi connectivity index (χ1) is 9.94. The lowest BCUT2D eigenvalue weighted by Crippen LogP contribution is -2.40. The number of ether oxygens (including phenoxy) is 1. The minimum absolute atomic E-state index is 0.289. The Balaban J connectivity index is 1.99. The summed E-state index contributed by atoms with van der Waals surface area (Å²) in [6.07, 6.45) is 3.71. The summed E-state index contributed by atoms with van der Waals surface area (Å²) in [6, 6.07) is 6.55. The predicted octanol–water partition coefficient (Wildman–Crippen LogP) is 4.35. The van der Waals surface area contributed by atoms with Crippen molar-refractivity contribution >= 4 is 0 Å². The van der Waals surface area contributed by atoms with Gasteiger partial charge in [-0.2, -0.15) is 0 Å². The van der Waals surface area contributed by atoms with E-state index in [2.05, 4.69) is 58.1 Å². The molecule has 21 heavy (non-hydrogen) atoms. The van der Waals surface area contributed by atoms with Gasteiger partial charge in [0.25, 0.3) is 0 Å². The number of hydrogen-bond acceptors (Lipinski definition) is 2. The van der Waals surface area contributed by atoms with Crippen molar-refractivity contribution in [2.75, 3.05) is 13.1 Å². The van der Waals surface area contributed by atoms with E-state index in [0.717, 1.165) is 31.7 Å². The summed E-state index contributed by atoms with van der Waals surface area (Å²) in [5.41, 5.74) is 3.00. The molecule has 1 aromatic carbocycles. The third-order valence-corrected chi connectivity index (χ3v) is 5.00. The Morgan fingerprint density at radius 1 is 1.38 bits per heavy atom. The van der Waals surface area contributed by atoms with E-state index < -0.39 is 0 Å². The van der Waals surface area contributed by atoms with Crippen LogP contribution < -0.4 is 10.1 Å². The fraction of sp³-hybridized carbons (Fsp3) is 0.684. The largest absolute Gasteiger partial charge is 0.490 e. The summed E-state index contributed by atoms with van der Waals surface area (Å²) in [5.74, 6) is 1.74. The quantitative estimate of drug-likeness (QED) is 0.753. The van der Waals surface area contributed by atoms with Crippen LogP contribution >= 0.6 is 0 Å². The zero-order valence-corrected chi connectivity index (χ0v) is 14.3. The Hall–Kier alpha value is -1.02. The molecule has 1 N–H and O–H groups in total. The van der Waals surface area contributed by atoms with E-state index in [9.17, 15) is 0 Å². The Bertz CT molecular complexity index is 469. The minimum Gasteiger partial charge on any atom is -0.490 e. The lowest BCUT2D eigenvalue weighted by molar-refractivity contribution is 0.106. The van der Waals surface area contributed by atoms with E-state index in [4.69, 9.17) is 4.74 Å². The molecule has 2 heteroatoms. The molecule has 0 radical (unpaired) electrons. The highest BCUT2D eigenvalue weighted by molar-refractivity contribution is 5.40. The van der Waals surface area contributed by atoms with Crippen molar-refractivity contribution in [2.45, 2.75) is 60.0 Å².